The molecule has 0 unspecified atom stereocenters. The van der Waals surface area contributed by atoms with Crippen LogP contribution in [0, 0.1) is 5.92 Å². The Hall–Kier alpha value is -0.860. The molecule has 1 nitrogen and oxygen atoms in total. The summed E-state index contributed by atoms with van der Waals surface area (Å²) in [6, 6.07) is 9.38. The van der Waals surface area contributed by atoms with Crippen molar-refractivity contribution in [3.63, 3.8) is 0 Å². The smallest absolute Gasteiger partial charge is 0.0346 e. The molecule has 3 rings (SSSR count). The van der Waals surface area contributed by atoms with E-state index in [1.165, 1.54) is 47.8 Å². The molecule has 1 fully saturated rings. The van der Waals surface area contributed by atoms with Gasteiger partial charge in [-0.05, 0) is 48.1 Å². The van der Waals surface area contributed by atoms with Gasteiger partial charge in [-0.15, -0.1) is 11.3 Å². The number of nitrogens with one attached hydrogen (secondary N) is 1. The van der Waals surface area contributed by atoms with Gasteiger partial charge in [0, 0.05) is 17.3 Å². The Kier molecular flexibility index (Phi) is 4.19. The van der Waals surface area contributed by atoms with Crippen LogP contribution in [0.15, 0.2) is 29.6 Å². The summed E-state index contributed by atoms with van der Waals surface area (Å²) < 4.78 is 1.41. The summed E-state index contributed by atoms with van der Waals surface area (Å²) in [5.74, 6) is 0.888. The van der Waals surface area contributed by atoms with Crippen LogP contribution in [0.1, 0.15) is 44.6 Å². The molecular weight excluding hydrogens is 250 g/mol. The zero-order valence-electron chi connectivity index (χ0n) is 11.7. The minimum Gasteiger partial charge on any atom is -0.310 e. The third-order valence-electron chi connectivity index (χ3n) is 4.53. The number of hydrogen-bond acceptors (Lipinski definition) is 2. The van der Waals surface area contributed by atoms with E-state index in [2.05, 4.69) is 41.9 Å². The second-order valence-corrected chi connectivity index (χ2v) is 6.74. The van der Waals surface area contributed by atoms with E-state index in [0.717, 1.165) is 12.5 Å². The van der Waals surface area contributed by atoms with E-state index in [1.54, 1.807) is 0 Å². The van der Waals surface area contributed by atoms with Gasteiger partial charge in [-0.3, -0.25) is 0 Å². The number of rotatable bonds is 4. The highest BCUT2D eigenvalue weighted by Gasteiger charge is 2.19. The van der Waals surface area contributed by atoms with Gasteiger partial charge < -0.3 is 5.32 Å². The summed E-state index contributed by atoms with van der Waals surface area (Å²) in [6.45, 7) is 3.38. The fraction of sp³-hybridized carbons (Fsp3) is 0.529. The Balaban J connectivity index is 1.62. The summed E-state index contributed by atoms with van der Waals surface area (Å²) in [6.07, 6.45) is 7.13. The van der Waals surface area contributed by atoms with Crippen LogP contribution in [0.2, 0.25) is 0 Å². The predicted molar refractivity (Wildman–Crippen MR) is 84.7 cm³/mol. The minimum absolute atomic E-state index is 0.652. The maximum absolute atomic E-state index is 3.75. The predicted octanol–water partition coefficient (Wildman–Crippen LogP) is 4.96. The van der Waals surface area contributed by atoms with Crippen molar-refractivity contribution in [3.05, 3.63) is 35.2 Å². The van der Waals surface area contributed by atoms with Crippen molar-refractivity contribution in [2.24, 2.45) is 5.92 Å². The molecule has 1 aliphatic carbocycles. The molecule has 1 heterocycles. The fourth-order valence-corrected chi connectivity index (χ4v) is 4.20. The second kappa shape index (κ2) is 6.06. The van der Waals surface area contributed by atoms with Crippen LogP contribution in [0.25, 0.3) is 10.1 Å². The Labute approximate surface area is 120 Å². The van der Waals surface area contributed by atoms with Crippen molar-refractivity contribution in [2.75, 3.05) is 0 Å². The van der Waals surface area contributed by atoms with E-state index < -0.39 is 0 Å². The molecule has 0 amide bonds. The topological polar surface area (TPSA) is 12.0 Å². The van der Waals surface area contributed by atoms with Crippen molar-refractivity contribution in [1.29, 1.82) is 0 Å². The summed E-state index contributed by atoms with van der Waals surface area (Å²) in [5.41, 5.74) is 1.46. The molecule has 1 saturated carbocycles. The molecule has 0 aliphatic heterocycles. The van der Waals surface area contributed by atoms with Gasteiger partial charge in [0.25, 0.3) is 0 Å². The van der Waals surface area contributed by atoms with Crippen LogP contribution in [0.3, 0.4) is 0 Å². The Morgan fingerprint density at radius 1 is 1.21 bits per heavy atom. The summed E-state index contributed by atoms with van der Waals surface area (Å²) in [7, 11) is 0. The second-order valence-electron chi connectivity index (χ2n) is 5.82. The molecule has 1 aliphatic rings. The first-order chi connectivity index (χ1) is 9.34. The van der Waals surface area contributed by atoms with Crippen LogP contribution in [0.4, 0.5) is 0 Å². The molecule has 19 heavy (non-hydrogen) atoms. The molecule has 1 N–H and O–H groups in total. The van der Waals surface area contributed by atoms with Gasteiger partial charge in [0.15, 0.2) is 0 Å². The SMILES string of the molecule is C[C@@H](NCc1csc2ccccc12)C1CCCCC1. The summed E-state index contributed by atoms with van der Waals surface area (Å²) in [5, 5.41) is 7.49. The third kappa shape index (κ3) is 3.01. The first-order valence-electron chi connectivity index (χ1n) is 7.53. The van der Waals surface area contributed by atoms with E-state index >= 15 is 0 Å². The number of fused-ring (bicyclic) bond motifs is 1. The van der Waals surface area contributed by atoms with Crippen molar-refractivity contribution >= 4 is 21.4 Å². The van der Waals surface area contributed by atoms with E-state index in [-0.39, 0.29) is 0 Å². The Bertz CT molecular complexity index is 525. The average Bonchev–Trinajstić information content (AvgIpc) is 2.89. The van der Waals surface area contributed by atoms with Gasteiger partial charge in [-0.1, -0.05) is 37.5 Å². The van der Waals surface area contributed by atoms with Crippen molar-refractivity contribution < 1.29 is 0 Å². The lowest BCUT2D eigenvalue weighted by molar-refractivity contribution is 0.281. The van der Waals surface area contributed by atoms with Crippen LogP contribution in [-0.4, -0.2) is 6.04 Å². The normalized spacial score (nSPS) is 18.8. The highest BCUT2D eigenvalue weighted by atomic mass is 32.1. The lowest BCUT2D eigenvalue weighted by atomic mass is 9.84. The Morgan fingerprint density at radius 3 is 2.84 bits per heavy atom. The number of benzene rings is 1. The molecule has 0 saturated heterocycles. The average molecular weight is 273 g/mol. The minimum atomic E-state index is 0.652. The van der Waals surface area contributed by atoms with Gasteiger partial charge in [-0.25, -0.2) is 0 Å². The molecular formula is C17H23NS. The Morgan fingerprint density at radius 2 is 2.00 bits per heavy atom. The molecule has 1 atom stereocenters. The maximum Gasteiger partial charge on any atom is 0.0346 e. The highest BCUT2D eigenvalue weighted by molar-refractivity contribution is 7.17. The van der Waals surface area contributed by atoms with Crippen molar-refractivity contribution in [3.8, 4) is 0 Å². The first kappa shape index (κ1) is 13.1. The molecule has 2 aromatic rings. The van der Waals surface area contributed by atoms with Crippen LogP contribution in [0.5, 0.6) is 0 Å². The van der Waals surface area contributed by atoms with Gasteiger partial charge in [0.05, 0.1) is 0 Å². The van der Waals surface area contributed by atoms with Gasteiger partial charge in [0.1, 0.15) is 0 Å². The van der Waals surface area contributed by atoms with Crippen LogP contribution >= 0.6 is 11.3 Å². The summed E-state index contributed by atoms with van der Waals surface area (Å²) >= 11 is 1.86. The fourth-order valence-electron chi connectivity index (χ4n) is 3.24. The van der Waals surface area contributed by atoms with Gasteiger partial charge >= 0.3 is 0 Å². The van der Waals surface area contributed by atoms with Crippen molar-refractivity contribution in [2.45, 2.75) is 51.6 Å². The van der Waals surface area contributed by atoms with Crippen molar-refractivity contribution in [1.82, 2.24) is 5.32 Å². The zero-order valence-corrected chi connectivity index (χ0v) is 12.5. The molecule has 0 spiro atoms. The molecule has 1 aromatic carbocycles. The van der Waals surface area contributed by atoms with E-state index in [0.29, 0.717) is 6.04 Å². The highest BCUT2D eigenvalue weighted by Crippen LogP contribution is 2.28. The monoisotopic (exact) mass is 273 g/mol. The van der Waals surface area contributed by atoms with E-state index in [1.807, 2.05) is 11.3 Å². The molecule has 1 aromatic heterocycles. The first-order valence-corrected chi connectivity index (χ1v) is 8.41. The molecule has 0 bridgehead atoms. The van der Waals surface area contributed by atoms with E-state index in [4.69, 9.17) is 0 Å². The molecule has 0 radical (unpaired) electrons. The number of hydrogen-bond donors (Lipinski definition) is 1. The number of thiophene rings is 1. The maximum atomic E-state index is 3.75. The molecule has 2 heteroatoms. The molecule has 102 valence electrons. The lowest BCUT2D eigenvalue weighted by Crippen LogP contribution is -2.34. The zero-order chi connectivity index (χ0) is 13.1. The standard InChI is InChI=1S/C17H23NS/c1-13(14-7-3-2-4-8-14)18-11-15-12-19-17-10-6-5-9-16(15)17/h5-6,9-10,12-14,18H,2-4,7-8,11H2,1H3/t13-/m1/s1. The van der Waals surface area contributed by atoms with Crippen LogP contribution in [-0.2, 0) is 6.54 Å². The quantitative estimate of drug-likeness (QED) is 0.830. The largest absolute Gasteiger partial charge is 0.310 e. The van der Waals surface area contributed by atoms with Crippen LogP contribution < -0.4 is 5.32 Å². The van der Waals surface area contributed by atoms with Gasteiger partial charge in [-0.2, -0.15) is 0 Å². The van der Waals surface area contributed by atoms with Gasteiger partial charge in [0.2, 0.25) is 0 Å². The summed E-state index contributed by atoms with van der Waals surface area (Å²) in [4.78, 5) is 0. The lowest BCUT2D eigenvalue weighted by Gasteiger charge is -2.28. The van der Waals surface area contributed by atoms with E-state index in [9.17, 15) is 0 Å². The third-order valence-corrected chi connectivity index (χ3v) is 5.54.